The number of amides is 1. The largest absolute Gasteiger partial charge is 0.416 e. The topological polar surface area (TPSA) is 40.5 Å². The quantitative estimate of drug-likeness (QED) is 0.926. The molecule has 0 bridgehead atoms. The Morgan fingerprint density at radius 1 is 1.20 bits per heavy atom. The van der Waals surface area contributed by atoms with Crippen molar-refractivity contribution in [2.75, 3.05) is 13.1 Å². The fourth-order valence-corrected chi connectivity index (χ4v) is 1.78. The summed E-state index contributed by atoms with van der Waals surface area (Å²) in [5, 5.41) is 9.72. The molecule has 0 radical (unpaired) electrons. The molecule has 0 spiro atoms. The third kappa shape index (κ3) is 4.52. The number of nitrogens with zero attached hydrogens (tertiary/aromatic N) is 1. The lowest BCUT2D eigenvalue weighted by Crippen LogP contribution is -2.42. The number of rotatable bonds is 4. The van der Waals surface area contributed by atoms with Crippen LogP contribution >= 0.6 is 0 Å². The molecule has 3 nitrogen and oxygen atoms in total. The average Bonchev–Trinajstić information content (AvgIpc) is 2.33. The Morgan fingerprint density at radius 2 is 1.70 bits per heavy atom. The molecule has 0 aromatic heterocycles. The number of alkyl halides is 3. The summed E-state index contributed by atoms with van der Waals surface area (Å²) >= 11 is 0. The molecule has 0 aliphatic heterocycles. The van der Waals surface area contributed by atoms with Gasteiger partial charge in [0.05, 0.1) is 11.2 Å². The third-order valence-corrected chi connectivity index (χ3v) is 2.71. The third-order valence-electron chi connectivity index (χ3n) is 2.71. The monoisotopic (exact) mass is 289 g/mol. The highest BCUT2D eigenvalue weighted by Gasteiger charge is 2.30. The van der Waals surface area contributed by atoms with Crippen LogP contribution < -0.4 is 0 Å². The number of hydrogen-bond donors (Lipinski definition) is 1. The van der Waals surface area contributed by atoms with Crippen molar-refractivity contribution in [3.8, 4) is 0 Å². The van der Waals surface area contributed by atoms with Crippen LogP contribution in [-0.4, -0.2) is 34.6 Å². The van der Waals surface area contributed by atoms with E-state index in [-0.39, 0.29) is 12.1 Å². The highest BCUT2D eigenvalue weighted by molar-refractivity contribution is 5.94. The van der Waals surface area contributed by atoms with Gasteiger partial charge < -0.3 is 10.0 Å². The van der Waals surface area contributed by atoms with Crippen molar-refractivity contribution in [2.45, 2.75) is 32.5 Å². The number of halogens is 3. The molecule has 0 saturated carbocycles. The molecule has 6 heteroatoms. The second-order valence-electron chi connectivity index (χ2n) is 5.21. The van der Waals surface area contributed by atoms with Crippen LogP contribution in [0.5, 0.6) is 0 Å². The van der Waals surface area contributed by atoms with Crippen molar-refractivity contribution in [2.24, 2.45) is 0 Å². The van der Waals surface area contributed by atoms with Gasteiger partial charge in [-0.2, -0.15) is 13.2 Å². The summed E-state index contributed by atoms with van der Waals surface area (Å²) in [7, 11) is 0. The van der Waals surface area contributed by atoms with E-state index in [1.54, 1.807) is 20.8 Å². The van der Waals surface area contributed by atoms with Gasteiger partial charge in [-0.05, 0) is 45.0 Å². The molecule has 1 aromatic rings. The van der Waals surface area contributed by atoms with Gasteiger partial charge >= 0.3 is 6.18 Å². The Morgan fingerprint density at radius 3 is 2.05 bits per heavy atom. The van der Waals surface area contributed by atoms with Crippen LogP contribution in [0.3, 0.4) is 0 Å². The maximum atomic E-state index is 12.4. The highest BCUT2D eigenvalue weighted by Crippen LogP contribution is 2.29. The van der Waals surface area contributed by atoms with Crippen molar-refractivity contribution in [3.05, 3.63) is 35.4 Å². The molecular formula is C14H18F3NO2. The van der Waals surface area contributed by atoms with Crippen LogP contribution in [0.25, 0.3) is 0 Å². The van der Waals surface area contributed by atoms with Crippen molar-refractivity contribution in [1.29, 1.82) is 0 Å². The number of carbonyl (C=O) groups is 1. The van der Waals surface area contributed by atoms with Crippen LogP contribution in [0.2, 0.25) is 0 Å². The first-order chi connectivity index (χ1) is 9.04. The predicted molar refractivity (Wildman–Crippen MR) is 69.3 cm³/mol. The first-order valence-corrected chi connectivity index (χ1v) is 6.23. The number of benzene rings is 1. The molecule has 1 N–H and O–H groups in total. The van der Waals surface area contributed by atoms with Gasteiger partial charge in [-0.15, -0.1) is 0 Å². The molecule has 0 saturated heterocycles. The average molecular weight is 289 g/mol. The Balaban J connectivity index is 2.91. The molecule has 0 heterocycles. The molecule has 20 heavy (non-hydrogen) atoms. The van der Waals surface area contributed by atoms with Gasteiger partial charge in [0.25, 0.3) is 5.91 Å². The lowest BCUT2D eigenvalue weighted by Gasteiger charge is -2.28. The van der Waals surface area contributed by atoms with E-state index < -0.39 is 23.2 Å². The molecule has 1 aromatic carbocycles. The molecule has 112 valence electrons. The van der Waals surface area contributed by atoms with Gasteiger partial charge in [-0.3, -0.25) is 4.79 Å². The Bertz CT molecular complexity index is 461. The van der Waals surface area contributed by atoms with Gasteiger partial charge in [0.15, 0.2) is 0 Å². The normalized spacial score (nSPS) is 12.3. The number of likely N-dealkylation sites (N-methyl/N-ethyl adjacent to an activating group) is 1. The minimum Gasteiger partial charge on any atom is -0.389 e. The molecular weight excluding hydrogens is 271 g/mol. The van der Waals surface area contributed by atoms with Crippen molar-refractivity contribution >= 4 is 5.91 Å². The summed E-state index contributed by atoms with van der Waals surface area (Å²) in [6, 6.07) is 4.06. The van der Waals surface area contributed by atoms with Crippen molar-refractivity contribution < 1.29 is 23.1 Å². The van der Waals surface area contributed by atoms with Crippen LogP contribution in [-0.2, 0) is 6.18 Å². The Labute approximate surface area is 116 Å². The number of hydrogen-bond acceptors (Lipinski definition) is 2. The molecule has 0 fully saturated rings. The standard InChI is InChI=1S/C14H18F3NO2/c1-4-18(9-13(2,3)20)12(19)10-5-7-11(8-6-10)14(15,16)17/h5-8,20H,4,9H2,1-3H3. The summed E-state index contributed by atoms with van der Waals surface area (Å²) in [5.41, 5.74) is -1.68. The summed E-state index contributed by atoms with van der Waals surface area (Å²) < 4.78 is 37.3. The van der Waals surface area contributed by atoms with Gasteiger partial charge in [0.2, 0.25) is 0 Å². The smallest absolute Gasteiger partial charge is 0.389 e. The van der Waals surface area contributed by atoms with E-state index in [2.05, 4.69) is 0 Å². The van der Waals surface area contributed by atoms with E-state index in [0.717, 1.165) is 24.3 Å². The zero-order valence-electron chi connectivity index (χ0n) is 11.7. The summed E-state index contributed by atoms with van der Waals surface area (Å²) in [4.78, 5) is 13.5. The highest BCUT2D eigenvalue weighted by atomic mass is 19.4. The number of carbonyl (C=O) groups excluding carboxylic acids is 1. The lowest BCUT2D eigenvalue weighted by molar-refractivity contribution is -0.137. The first-order valence-electron chi connectivity index (χ1n) is 6.23. The number of aliphatic hydroxyl groups is 1. The van der Waals surface area contributed by atoms with E-state index >= 15 is 0 Å². The molecule has 1 amide bonds. The maximum Gasteiger partial charge on any atom is 0.416 e. The van der Waals surface area contributed by atoms with Crippen LogP contribution in [0.1, 0.15) is 36.7 Å². The second kappa shape index (κ2) is 5.83. The van der Waals surface area contributed by atoms with E-state index in [1.165, 1.54) is 4.90 Å². The lowest BCUT2D eigenvalue weighted by atomic mass is 10.1. The summed E-state index contributed by atoms with van der Waals surface area (Å²) in [6.45, 7) is 5.35. The van der Waals surface area contributed by atoms with Crippen molar-refractivity contribution in [1.82, 2.24) is 4.90 Å². The fourth-order valence-electron chi connectivity index (χ4n) is 1.78. The zero-order chi connectivity index (χ0) is 15.6. The van der Waals surface area contributed by atoms with E-state index in [1.807, 2.05) is 0 Å². The predicted octanol–water partition coefficient (Wildman–Crippen LogP) is 2.94. The maximum absolute atomic E-state index is 12.4. The second-order valence-corrected chi connectivity index (χ2v) is 5.21. The fraction of sp³-hybridized carbons (Fsp3) is 0.500. The van der Waals surface area contributed by atoms with Gasteiger partial charge in [-0.1, -0.05) is 0 Å². The van der Waals surface area contributed by atoms with Crippen LogP contribution in [0.15, 0.2) is 24.3 Å². The van der Waals surface area contributed by atoms with Gasteiger partial charge in [0.1, 0.15) is 0 Å². The minimum atomic E-state index is -4.42. The zero-order valence-corrected chi connectivity index (χ0v) is 11.7. The molecule has 1 rings (SSSR count). The Hall–Kier alpha value is -1.56. The van der Waals surface area contributed by atoms with Crippen LogP contribution in [0, 0.1) is 0 Å². The first kappa shape index (κ1) is 16.5. The van der Waals surface area contributed by atoms with E-state index in [9.17, 15) is 23.1 Å². The van der Waals surface area contributed by atoms with Gasteiger partial charge in [-0.25, -0.2) is 0 Å². The summed E-state index contributed by atoms with van der Waals surface area (Å²) in [6.07, 6.45) is -4.42. The van der Waals surface area contributed by atoms with E-state index in [4.69, 9.17) is 0 Å². The molecule has 0 atom stereocenters. The molecule has 0 aliphatic rings. The molecule has 0 unspecified atom stereocenters. The van der Waals surface area contributed by atoms with Crippen LogP contribution in [0.4, 0.5) is 13.2 Å². The SMILES string of the molecule is CCN(CC(C)(C)O)C(=O)c1ccc(C(F)(F)F)cc1. The summed E-state index contributed by atoms with van der Waals surface area (Å²) in [5.74, 6) is -0.400. The molecule has 0 aliphatic carbocycles. The van der Waals surface area contributed by atoms with Gasteiger partial charge in [0, 0.05) is 18.7 Å². The minimum absolute atomic E-state index is 0.114. The van der Waals surface area contributed by atoms with E-state index in [0.29, 0.717) is 6.54 Å². The Kier molecular flexibility index (Phi) is 4.81. The van der Waals surface area contributed by atoms with Crippen molar-refractivity contribution in [3.63, 3.8) is 0 Å².